The summed E-state index contributed by atoms with van der Waals surface area (Å²) in [7, 11) is 2.19. The van der Waals surface area contributed by atoms with Gasteiger partial charge in [0.05, 0.1) is 11.7 Å². The number of nitrogens with one attached hydrogen (secondary N) is 2. The normalized spacial score (nSPS) is 21.2. The SMILES string of the molecule is CN1CCN(Cc2cc3cc(c2)Nc2nccc(n2)-c2cccc(c2)CNC(=O)[C@@H]2CCCN2C3)CC1. The van der Waals surface area contributed by atoms with E-state index in [1.807, 2.05) is 24.3 Å². The number of fused-ring (bicyclic) bond motifs is 8. The van der Waals surface area contributed by atoms with E-state index < -0.39 is 0 Å². The molecule has 37 heavy (non-hydrogen) atoms. The van der Waals surface area contributed by atoms with Crippen LogP contribution in [-0.4, -0.2) is 76.4 Å². The lowest BCUT2D eigenvalue weighted by atomic mass is 10.1. The van der Waals surface area contributed by atoms with E-state index in [-0.39, 0.29) is 11.9 Å². The molecule has 6 bridgehead atoms. The predicted octanol–water partition coefficient (Wildman–Crippen LogP) is 3.23. The number of hydrogen-bond acceptors (Lipinski definition) is 7. The van der Waals surface area contributed by atoms with Gasteiger partial charge in [-0.25, -0.2) is 9.97 Å². The molecule has 0 radical (unpaired) electrons. The fourth-order valence-corrected chi connectivity index (χ4v) is 5.68. The number of carbonyl (C=O) groups excluding carboxylic acids is 1. The molecule has 8 nitrogen and oxygen atoms in total. The third kappa shape index (κ3) is 5.66. The number of piperazine rings is 1. The van der Waals surface area contributed by atoms with Crippen LogP contribution in [0.4, 0.5) is 11.6 Å². The van der Waals surface area contributed by atoms with Gasteiger partial charge in [0, 0.05) is 63.3 Å². The Balaban J connectivity index is 1.36. The van der Waals surface area contributed by atoms with Crippen LogP contribution < -0.4 is 10.6 Å². The van der Waals surface area contributed by atoms with E-state index in [0.29, 0.717) is 12.5 Å². The molecule has 6 rings (SSSR count). The lowest BCUT2D eigenvalue weighted by molar-refractivity contribution is -0.125. The van der Waals surface area contributed by atoms with E-state index >= 15 is 0 Å². The minimum absolute atomic E-state index is 0.0927. The lowest BCUT2D eigenvalue weighted by Gasteiger charge is -2.32. The molecule has 2 fully saturated rings. The van der Waals surface area contributed by atoms with Gasteiger partial charge in [0.2, 0.25) is 11.9 Å². The quantitative estimate of drug-likeness (QED) is 0.563. The van der Waals surface area contributed by atoms with Gasteiger partial charge >= 0.3 is 0 Å². The Kier molecular flexibility index (Phi) is 6.87. The second-order valence-corrected chi connectivity index (χ2v) is 10.6. The fourth-order valence-electron chi connectivity index (χ4n) is 5.68. The molecule has 0 aliphatic carbocycles. The van der Waals surface area contributed by atoms with Gasteiger partial charge in [-0.05, 0) is 67.4 Å². The average Bonchev–Trinajstić information content (AvgIpc) is 3.36. The molecule has 192 valence electrons. The topological polar surface area (TPSA) is 76.6 Å². The van der Waals surface area contributed by atoms with Gasteiger partial charge in [0.1, 0.15) is 0 Å². The van der Waals surface area contributed by atoms with Gasteiger partial charge in [0.15, 0.2) is 0 Å². The summed E-state index contributed by atoms with van der Waals surface area (Å²) in [6.07, 6.45) is 3.74. The summed E-state index contributed by atoms with van der Waals surface area (Å²) in [5, 5.41) is 6.67. The van der Waals surface area contributed by atoms with Crippen LogP contribution in [0.3, 0.4) is 0 Å². The van der Waals surface area contributed by atoms with Gasteiger partial charge in [0.25, 0.3) is 0 Å². The molecule has 2 saturated heterocycles. The van der Waals surface area contributed by atoms with Crippen molar-refractivity contribution in [2.24, 2.45) is 0 Å². The summed E-state index contributed by atoms with van der Waals surface area (Å²) in [4.78, 5) is 29.8. The number of nitrogens with zero attached hydrogens (tertiary/aromatic N) is 5. The van der Waals surface area contributed by atoms with Crippen LogP contribution in [0.25, 0.3) is 11.3 Å². The van der Waals surface area contributed by atoms with Gasteiger partial charge in [-0.15, -0.1) is 0 Å². The monoisotopic (exact) mass is 497 g/mol. The van der Waals surface area contributed by atoms with Crippen molar-refractivity contribution in [2.75, 3.05) is 45.1 Å². The second-order valence-electron chi connectivity index (χ2n) is 10.6. The maximum Gasteiger partial charge on any atom is 0.237 e. The van der Waals surface area contributed by atoms with Crippen molar-refractivity contribution in [3.05, 3.63) is 71.4 Å². The van der Waals surface area contributed by atoms with Crippen LogP contribution in [0.2, 0.25) is 0 Å². The molecular formula is C29H35N7O. The minimum Gasteiger partial charge on any atom is -0.351 e. The first kappa shape index (κ1) is 24.0. The van der Waals surface area contributed by atoms with Crippen molar-refractivity contribution >= 4 is 17.5 Å². The van der Waals surface area contributed by atoms with Gasteiger partial charge in [-0.2, -0.15) is 0 Å². The summed E-state index contributed by atoms with van der Waals surface area (Å²) in [5.74, 6) is 0.705. The molecule has 2 aromatic carbocycles. The summed E-state index contributed by atoms with van der Waals surface area (Å²) in [6.45, 7) is 7.44. The van der Waals surface area contributed by atoms with Crippen molar-refractivity contribution in [1.82, 2.24) is 30.0 Å². The molecule has 8 heteroatoms. The van der Waals surface area contributed by atoms with Crippen molar-refractivity contribution < 1.29 is 4.79 Å². The first-order chi connectivity index (χ1) is 18.1. The highest BCUT2D eigenvalue weighted by atomic mass is 16.2. The highest BCUT2D eigenvalue weighted by Crippen LogP contribution is 2.26. The molecule has 4 heterocycles. The highest BCUT2D eigenvalue weighted by Gasteiger charge is 2.30. The zero-order chi connectivity index (χ0) is 25.2. The molecule has 1 atom stereocenters. The van der Waals surface area contributed by atoms with E-state index in [9.17, 15) is 4.79 Å². The molecule has 3 aliphatic heterocycles. The van der Waals surface area contributed by atoms with E-state index in [1.54, 1.807) is 6.20 Å². The van der Waals surface area contributed by atoms with Gasteiger partial charge in [-0.3, -0.25) is 14.6 Å². The molecule has 3 aromatic rings. The Morgan fingerprint density at radius 1 is 1.00 bits per heavy atom. The Bertz CT molecular complexity index is 1270. The summed E-state index contributed by atoms with van der Waals surface area (Å²) < 4.78 is 0. The smallest absolute Gasteiger partial charge is 0.237 e. The van der Waals surface area contributed by atoms with E-state index in [0.717, 1.165) is 81.2 Å². The largest absolute Gasteiger partial charge is 0.351 e. The van der Waals surface area contributed by atoms with Crippen molar-refractivity contribution in [3.63, 3.8) is 0 Å². The predicted molar refractivity (Wildman–Crippen MR) is 145 cm³/mol. The third-order valence-corrected chi connectivity index (χ3v) is 7.71. The van der Waals surface area contributed by atoms with Crippen molar-refractivity contribution in [1.29, 1.82) is 0 Å². The molecule has 2 N–H and O–H groups in total. The number of hydrogen-bond donors (Lipinski definition) is 2. The minimum atomic E-state index is -0.0927. The Hall–Kier alpha value is -3.33. The number of benzene rings is 2. The van der Waals surface area contributed by atoms with Gasteiger partial charge < -0.3 is 15.5 Å². The maximum atomic E-state index is 13.2. The first-order valence-electron chi connectivity index (χ1n) is 13.3. The van der Waals surface area contributed by atoms with Crippen LogP contribution in [-0.2, 0) is 24.4 Å². The second kappa shape index (κ2) is 10.6. The van der Waals surface area contributed by atoms with Crippen LogP contribution in [0.15, 0.2) is 54.7 Å². The van der Waals surface area contributed by atoms with Gasteiger partial charge in [-0.1, -0.05) is 24.3 Å². The Labute approximate surface area is 218 Å². The Morgan fingerprint density at radius 3 is 2.78 bits per heavy atom. The van der Waals surface area contributed by atoms with E-state index in [4.69, 9.17) is 4.98 Å². The molecule has 3 aliphatic rings. The number of likely N-dealkylation sites (N-methyl/N-ethyl adjacent to an activating group) is 1. The standard InChI is InChI=1S/C29H35N7O/c1-34-10-12-35(13-11-34)19-22-14-23-17-25(16-22)32-29-30-8-7-26(33-29)24-5-2-4-21(15-24)18-31-28(37)27-6-3-9-36(27)20-23/h2,4-5,7-8,14-17,27H,3,6,9-13,18-20H2,1H3,(H,31,37)(H,30,32,33)/t27-/m0/s1. The molecule has 0 spiro atoms. The molecule has 1 amide bonds. The fraction of sp³-hybridized carbons (Fsp3) is 0.414. The van der Waals surface area contributed by atoms with Crippen LogP contribution in [0.5, 0.6) is 0 Å². The Morgan fingerprint density at radius 2 is 1.89 bits per heavy atom. The maximum absolute atomic E-state index is 13.2. The number of anilines is 2. The van der Waals surface area contributed by atoms with Crippen LogP contribution >= 0.6 is 0 Å². The van der Waals surface area contributed by atoms with E-state index in [1.165, 1.54) is 11.1 Å². The average molecular weight is 498 g/mol. The summed E-state index contributed by atoms with van der Waals surface area (Å²) >= 11 is 0. The number of carbonyl (C=O) groups is 1. The molecule has 1 aromatic heterocycles. The lowest BCUT2D eigenvalue weighted by Crippen LogP contribution is -2.44. The summed E-state index contributed by atoms with van der Waals surface area (Å²) in [5.41, 5.74) is 6.40. The third-order valence-electron chi connectivity index (χ3n) is 7.71. The zero-order valence-electron chi connectivity index (χ0n) is 21.5. The molecular weight excluding hydrogens is 462 g/mol. The van der Waals surface area contributed by atoms with Crippen molar-refractivity contribution in [3.8, 4) is 11.3 Å². The van der Waals surface area contributed by atoms with E-state index in [2.05, 4.69) is 61.6 Å². The first-order valence-corrected chi connectivity index (χ1v) is 13.3. The molecule has 0 unspecified atom stereocenters. The van der Waals surface area contributed by atoms with Crippen LogP contribution in [0, 0.1) is 0 Å². The zero-order valence-corrected chi connectivity index (χ0v) is 21.5. The number of rotatable bonds is 2. The summed E-state index contributed by atoms with van der Waals surface area (Å²) in [6, 6.07) is 16.8. The number of amides is 1. The number of aromatic nitrogens is 2. The van der Waals surface area contributed by atoms with Crippen LogP contribution in [0.1, 0.15) is 29.5 Å². The van der Waals surface area contributed by atoms with Crippen molar-refractivity contribution in [2.45, 2.75) is 38.5 Å². The highest BCUT2D eigenvalue weighted by molar-refractivity contribution is 5.82. The molecule has 0 saturated carbocycles.